The van der Waals surface area contributed by atoms with E-state index in [1.54, 1.807) is 12.3 Å². The minimum absolute atomic E-state index is 0.221. The van der Waals surface area contributed by atoms with Crippen molar-refractivity contribution in [1.82, 2.24) is 24.8 Å². The zero-order valence-electron chi connectivity index (χ0n) is 16.7. The molecule has 0 amide bonds. The van der Waals surface area contributed by atoms with Gasteiger partial charge in [-0.2, -0.15) is 0 Å². The summed E-state index contributed by atoms with van der Waals surface area (Å²) >= 11 is 0. The van der Waals surface area contributed by atoms with Crippen molar-refractivity contribution in [2.24, 2.45) is 0 Å². The molecule has 3 aliphatic rings. The Kier molecular flexibility index (Phi) is 4.21. The number of benzene rings is 2. The van der Waals surface area contributed by atoms with E-state index in [-0.39, 0.29) is 5.56 Å². The topological polar surface area (TPSA) is 58.9 Å². The molecule has 0 radical (unpaired) electrons. The Morgan fingerprint density at radius 2 is 1.97 bits per heavy atom. The highest BCUT2D eigenvalue weighted by Gasteiger charge is 2.33. The van der Waals surface area contributed by atoms with Crippen LogP contribution >= 0.6 is 0 Å². The molecule has 31 heavy (non-hydrogen) atoms. The number of imidazole rings is 1. The first-order valence-corrected chi connectivity index (χ1v) is 10.4. The number of piperidine rings is 2. The van der Waals surface area contributed by atoms with Crippen LogP contribution in [0, 0.1) is 11.6 Å². The fraction of sp³-hybridized carbons (Fsp3) is 0.261. The van der Waals surface area contributed by atoms with E-state index >= 15 is 0 Å². The second-order valence-electron chi connectivity index (χ2n) is 8.12. The van der Waals surface area contributed by atoms with Gasteiger partial charge in [-0.15, -0.1) is 0 Å². The van der Waals surface area contributed by atoms with Crippen LogP contribution in [-0.2, 0) is 0 Å². The van der Waals surface area contributed by atoms with Crippen LogP contribution in [0.5, 0.6) is 0 Å². The molecule has 7 rings (SSSR count). The second kappa shape index (κ2) is 7.09. The quantitative estimate of drug-likeness (QED) is 0.550. The van der Waals surface area contributed by atoms with Gasteiger partial charge in [-0.1, -0.05) is 0 Å². The third kappa shape index (κ3) is 3.06. The van der Waals surface area contributed by atoms with Crippen LogP contribution in [0.25, 0.3) is 28.2 Å². The Morgan fingerprint density at radius 1 is 1.03 bits per heavy atom. The van der Waals surface area contributed by atoms with Crippen molar-refractivity contribution >= 4 is 16.7 Å². The lowest BCUT2D eigenvalue weighted by Gasteiger charge is -2.47. The number of hydrogen-bond acceptors (Lipinski definition) is 5. The van der Waals surface area contributed by atoms with Crippen LogP contribution < -0.4 is 10.2 Å². The first-order chi connectivity index (χ1) is 15.2. The number of rotatable bonds is 3. The average Bonchev–Trinajstić information content (AvgIpc) is 3.18. The molecule has 1 N–H and O–H groups in total. The average molecular weight is 418 g/mol. The fourth-order valence-corrected chi connectivity index (χ4v) is 4.77. The summed E-state index contributed by atoms with van der Waals surface area (Å²) in [4.78, 5) is 15.5. The van der Waals surface area contributed by atoms with E-state index in [0.717, 1.165) is 35.9 Å². The molecule has 0 saturated carbocycles. The number of fused-ring (bicyclic) bond motifs is 4. The Labute approximate surface area is 177 Å². The van der Waals surface area contributed by atoms with Gasteiger partial charge in [0.2, 0.25) is 0 Å². The summed E-state index contributed by atoms with van der Waals surface area (Å²) in [7, 11) is 0. The summed E-state index contributed by atoms with van der Waals surface area (Å²) in [5, 5.41) is 3.58. The molecular formula is C23H20F2N6. The maximum absolute atomic E-state index is 14.7. The lowest BCUT2D eigenvalue weighted by atomic mass is 9.92. The molecule has 2 bridgehead atoms. The van der Waals surface area contributed by atoms with Crippen molar-refractivity contribution in [2.75, 3.05) is 18.0 Å². The molecular weight excluding hydrogens is 398 g/mol. The van der Waals surface area contributed by atoms with Crippen LogP contribution in [-0.4, -0.2) is 44.7 Å². The van der Waals surface area contributed by atoms with E-state index in [9.17, 15) is 8.78 Å². The minimum atomic E-state index is -0.662. The molecule has 0 aliphatic carbocycles. The smallest absolute Gasteiger partial charge is 0.149 e. The highest BCUT2D eigenvalue weighted by atomic mass is 19.1. The van der Waals surface area contributed by atoms with Gasteiger partial charge in [0.15, 0.2) is 0 Å². The highest BCUT2D eigenvalue weighted by Crippen LogP contribution is 2.34. The molecule has 6 nitrogen and oxygen atoms in total. The predicted octanol–water partition coefficient (Wildman–Crippen LogP) is 3.70. The van der Waals surface area contributed by atoms with Crippen molar-refractivity contribution < 1.29 is 8.78 Å². The third-order valence-electron chi connectivity index (χ3n) is 6.29. The Bertz CT molecular complexity index is 1260. The summed E-state index contributed by atoms with van der Waals surface area (Å²) < 4.78 is 30.0. The summed E-state index contributed by atoms with van der Waals surface area (Å²) in [5.41, 5.74) is 2.88. The molecule has 8 heteroatoms. The summed E-state index contributed by atoms with van der Waals surface area (Å²) in [6, 6.07) is 12.4. The van der Waals surface area contributed by atoms with E-state index in [1.807, 2.05) is 10.6 Å². The van der Waals surface area contributed by atoms with E-state index in [4.69, 9.17) is 4.98 Å². The molecule has 4 aromatic rings. The van der Waals surface area contributed by atoms with E-state index in [1.165, 1.54) is 31.3 Å². The first kappa shape index (κ1) is 18.4. The molecule has 2 atom stereocenters. The standard InChI is InChI=1S/C23H20F2N6/c24-14-1-5-18(19(25)9-14)23-29-20-6-4-16(30-12-15-2-3-17(30)11-27-15)10-21(20)31(23)22-7-8-26-13-28-22/h1,4-10,13,15,17,27H,2-3,11-12H2/t15-,17-/m1/s1. The van der Waals surface area contributed by atoms with E-state index in [2.05, 4.69) is 32.3 Å². The van der Waals surface area contributed by atoms with Gasteiger partial charge in [0.1, 0.15) is 29.6 Å². The maximum atomic E-state index is 14.7. The van der Waals surface area contributed by atoms with Crippen LogP contribution in [0.2, 0.25) is 0 Å². The summed E-state index contributed by atoms with van der Waals surface area (Å²) in [5.74, 6) is -0.326. The highest BCUT2D eigenvalue weighted by molar-refractivity contribution is 5.86. The van der Waals surface area contributed by atoms with E-state index < -0.39 is 11.6 Å². The minimum Gasteiger partial charge on any atom is -0.366 e. The normalized spacial score (nSPS) is 20.5. The molecule has 0 spiro atoms. The van der Waals surface area contributed by atoms with Crippen molar-refractivity contribution in [2.45, 2.75) is 24.9 Å². The van der Waals surface area contributed by atoms with Gasteiger partial charge < -0.3 is 10.2 Å². The maximum Gasteiger partial charge on any atom is 0.149 e. The van der Waals surface area contributed by atoms with Crippen molar-refractivity contribution in [3.63, 3.8) is 0 Å². The third-order valence-corrected chi connectivity index (χ3v) is 6.29. The zero-order valence-corrected chi connectivity index (χ0v) is 16.7. The Morgan fingerprint density at radius 3 is 2.68 bits per heavy atom. The fourth-order valence-electron chi connectivity index (χ4n) is 4.77. The van der Waals surface area contributed by atoms with Gasteiger partial charge >= 0.3 is 0 Å². The number of piperazine rings is 1. The Balaban J connectivity index is 1.55. The monoisotopic (exact) mass is 418 g/mol. The van der Waals surface area contributed by atoms with Crippen LogP contribution in [0.3, 0.4) is 0 Å². The van der Waals surface area contributed by atoms with Gasteiger partial charge in [0, 0.05) is 43.1 Å². The number of halogens is 2. The summed E-state index contributed by atoms with van der Waals surface area (Å²) in [6.07, 6.45) is 5.46. The predicted molar refractivity (Wildman–Crippen MR) is 114 cm³/mol. The number of hydrogen-bond donors (Lipinski definition) is 1. The van der Waals surface area contributed by atoms with Crippen LogP contribution in [0.4, 0.5) is 14.5 Å². The molecule has 5 heterocycles. The molecule has 3 saturated heterocycles. The van der Waals surface area contributed by atoms with Gasteiger partial charge in [-0.25, -0.2) is 23.7 Å². The van der Waals surface area contributed by atoms with Gasteiger partial charge in [-0.3, -0.25) is 4.57 Å². The molecule has 3 aliphatic heterocycles. The Hall–Kier alpha value is -3.39. The molecule has 3 fully saturated rings. The molecule has 2 aromatic heterocycles. The van der Waals surface area contributed by atoms with Crippen molar-refractivity contribution in [3.05, 3.63) is 66.6 Å². The lowest BCUT2D eigenvalue weighted by molar-refractivity contribution is 0.290. The lowest BCUT2D eigenvalue weighted by Crippen LogP contribution is -2.61. The van der Waals surface area contributed by atoms with Gasteiger partial charge in [0.25, 0.3) is 0 Å². The number of nitrogens with one attached hydrogen (secondary N) is 1. The number of aromatic nitrogens is 4. The number of anilines is 1. The molecule has 156 valence electrons. The van der Waals surface area contributed by atoms with Crippen molar-refractivity contribution in [3.8, 4) is 17.2 Å². The van der Waals surface area contributed by atoms with Crippen LogP contribution in [0.1, 0.15) is 12.8 Å². The SMILES string of the molecule is Fc1ccc(-c2nc3ccc(N4C[C@H]5CC[C@@H]4CN5)cc3n2-c2ccncn2)c(F)c1. The second-order valence-corrected chi connectivity index (χ2v) is 8.12. The molecule has 0 unspecified atom stereocenters. The van der Waals surface area contributed by atoms with Gasteiger partial charge in [0.05, 0.1) is 16.6 Å². The first-order valence-electron chi connectivity index (χ1n) is 10.4. The van der Waals surface area contributed by atoms with E-state index in [0.29, 0.717) is 23.7 Å². The largest absolute Gasteiger partial charge is 0.366 e. The molecule has 2 aromatic carbocycles. The van der Waals surface area contributed by atoms with Gasteiger partial charge in [-0.05, 0) is 49.2 Å². The number of nitrogens with zero attached hydrogens (tertiary/aromatic N) is 5. The zero-order chi connectivity index (χ0) is 20.9. The summed E-state index contributed by atoms with van der Waals surface area (Å²) in [6.45, 7) is 1.96. The van der Waals surface area contributed by atoms with Crippen LogP contribution in [0.15, 0.2) is 55.0 Å². The van der Waals surface area contributed by atoms with Crippen molar-refractivity contribution in [1.29, 1.82) is 0 Å².